The first-order chi connectivity index (χ1) is 17.8. The minimum absolute atomic E-state index is 0.0500. The number of methoxy groups -OCH3 is 1. The van der Waals surface area contributed by atoms with Gasteiger partial charge in [0.15, 0.2) is 11.6 Å². The lowest BCUT2D eigenvalue weighted by molar-refractivity contribution is 0.0956. The van der Waals surface area contributed by atoms with Crippen molar-refractivity contribution in [2.45, 2.75) is 12.5 Å². The lowest BCUT2D eigenvalue weighted by Gasteiger charge is -2.34. The number of piperazine rings is 1. The minimum Gasteiger partial charge on any atom is -0.493 e. The molecule has 0 saturated carbocycles. The molecule has 0 spiro atoms. The van der Waals surface area contributed by atoms with E-state index >= 15 is 0 Å². The lowest BCUT2D eigenvalue weighted by Crippen LogP contribution is -2.54. The van der Waals surface area contributed by atoms with Gasteiger partial charge in [-0.2, -0.15) is 4.98 Å². The highest BCUT2D eigenvalue weighted by Crippen LogP contribution is 2.30. The van der Waals surface area contributed by atoms with Crippen LogP contribution in [0.2, 0.25) is 0 Å². The van der Waals surface area contributed by atoms with Gasteiger partial charge in [-0.25, -0.2) is 23.1 Å². The molecule has 1 atom stereocenters. The zero-order valence-electron chi connectivity index (χ0n) is 19.9. The van der Waals surface area contributed by atoms with Crippen molar-refractivity contribution in [2.24, 2.45) is 0 Å². The summed E-state index contributed by atoms with van der Waals surface area (Å²) in [6.07, 6.45) is 1.90. The normalized spacial score (nSPS) is 15.4. The van der Waals surface area contributed by atoms with Crippen LogP contribution in [0.5, 0.6) is 5.75 Å². The summed E-state index contributed by atoms with van der Waals surface area (Å²) in [5.41, 5.74) is 0.348. The van der Waals surface area contributed by atoms with Gasteiger partial charge < -0.3 is 30.6 Å². The molecule has 4 N–H and O–H groups in total. The molecule has 0 aliphatic carbocycles. The summed E-state index contributed by atoms with van der Waals surface area (Å²) in [5, 5.41) is 8.68. The van der Waals surface area contributed by atoms with Gasteiger partial charge in [-0.15, -0.1) is 0 Å². The summed E-state index contributed by atoms with van der Waals surface area (Å²) >= 11 is 0. The predicted octanol–water partition coefficient (Wildman–Crippen LogP) is 3.68. The molecule has 3 aromatic heterocycles. The quantitative estimate of drug-likeness (QED) is 0.339. The maximum atomic E-state index is 13.6. The van der Waals surface area contributed by atoms with Crippen LogP contribution < -0.4 is 31.1 Å². The van der Waals surface area contributed by atoms with E-state index in [0.717, 1.165) is 0 Å². The molecule has 1 saturated heterocycles. The van der Waals surface area contributed by atoms with Gasteiger partial charge >= 0.3 is 0 Å². The Hall–Kier alpha value is -4.39. The number of H-pyrrole nitrogens is 1. The van der Waals surface area contributed by atoms with Gasteiger partial charge in [0.2, 0.25) is 5.95 Å². The van der Waals surface area contributed by atoms with Crippen molar-refractivity contribution in [3.05, 3.63) is 65.4 Å². The van der Waals surface area contributed by atoms with E-state index in [1.54, 1.807) is 17.0 Å². The molecule has 10 nitrogen and oxygen atoms in total. The Labute approximate surface area is 210 Å². The van der Waals surface area contributed by atoms with Crippen molar-refractivity contribution in [3.63, 3.8) is 0 Å². The van der Waals surface area contributed by atoms with Crippen LogP contribution in [0.25, 0.3) is 11.9 Å². The molecule has 0 aromatic carbocycles. The number of hydrogen-bond acceptors (Lipinski definition) is 9. The molecular formula is C24H25F3N8O2. The highest BCUT2D eigenvalue weighted by Gasteiger charge is 2.28. The zero-order valence-corrected chi connectivity index (χ0v) is 19.9. The fourth-order valence-corrected chi connectivity index (χ4v) is 3.81. The molecule has 1 aliphatic heterocycles. The smallest absolute Gasteiger partial charge is 0.272 e. The number of anilines is 5. The van der Waals surface area contributed by atoms with Gasteiger partial charge in [-0.3, -0.25) is 4.79 Å². The average Bonchev–Trinajstić information content (AvgIpc) is 2.89. The third kappa shape index (κ3) is 5.89. The van der Waals surface area contributed by atoms with Gasteiger partial charge in [0.05, 0.1) is 30.7 Å². The van der Waals surface area contributed by atoms with E-state index in [-0.39, 0.29) is 23.9 Å². The van der Waals surface area contributed by atoms with Crippen LogP contribution in [0.1, 0.15) is 11.3 Å². The number of alkyl halides is 2. The van der Waals surface area contributed by atoms with Crippen LogP contribution in [-0.2, 0) is 0 Å². The summed E-state index contributed by atoms with van der Waals surface area (Å²) in [4.78, 5) is 29.5. The van der Waals surface area contributed by atoms with Crippen molar-refractivity contribution in [1.82, 2.24) is 25.3 Å². The zero-order chi connectivity index (χ0) is 26.5. The van der Waals surface area contributed by atoms with Crippen molar-refractivity contribution in [3.8, 4) is 5.75 Å². The molecule has 0 amide bonds. The first-order valence-electron chi connectivity index (χ1n) is 11.2. The van der Waals surface area contributed by atoms with Crippen LogP contribution in [0.3, 0.4) is 0 Å². The van der Waals surface area contributed by atoms with Crippen molar-refractivity contribution in [1.29, 1.82) is 0 Å². The summed E-state index contributed by atoms with van der Waals surface area (Å²) in [5.74, 6) is 0.546. The molecule has 3 aromatic rings. The van der Waals surface area contributed by atoms with Gasteiger partial charge in [0.1, 0.15) is 17.3 Å². The second-order valence-electron chi connectivity index (χ2n) is 8.06. The molecule has 1 aliphatic rings. The van der Waals surface area contributed by atoms with E-state index in [9.17, 15) is 18.0 Å². The number of aromatic nitrogens is 4. The first kappa shape index (κ1) is 25.7. The van der Waals surface area contributed by atoms with Crippen LogP contribution in [0, 0.1) is 0 Å². The summed E-state index contributed by atoms with van der Waals surface area (Å²) in [6.45, 7) is 7.83. The first-order valence-corrected chi connectivity index (χ1v) is 11.2. The molecule has 13 heteroatoms. The Bertz CT molecular complexity index is 1360. The molecular weight excluding hydrogens is 489 g/mol. The Morgan fingerprint density at radius 3 is 2.84 bits per heavy atom. The van der Waals surface area contributed by atoms with Gasteiger partial charge in [0.25, 0.3) is 12.0 Å². The molecule has 4 heterocycles. The Morgan fingerprint density at radius 1 is 1.32 bits per heavy atom. The number of aromatic amines is 1. The molecule has 4 rings (SSSR count). The highest BCUT2D eigenvalue weighted by molar-refractivity contribution is 5.70. The Balaban J connectivity index is 1.52. The maximum Gasteiger partial charge on any atom is 0.272 e. The molecule has 194 valence electrons. The van der Waals surface area contributed by atoms with E-state index < -0.39 is 23.9 Å². The maximum absolute atomic E-state index is 13.6. The standard InChI is InChI=1S/C24H25F3N8O2/c1-4-14-9-16(23(36)34-20(14)13(2)25)32-19-5-6-29-24(33-19)31-15-10-18(37-3)22(30-11-15)35-8-7-28-17(12-35)21(26)27/h4-6,9-11,17,21,28H,1-2,7-8,12H2,3H3,(H,34,36)(H2,29,31,32,33). The van der Waals surface area contributed by atoms with Crippen LogP contribution >= 0.6 is 0 Å². The van der Waals surface area contributed by atoms with E-state index in [1.165, 1.54) is 31.6 Å². The van der Waals surface area contributed by atoms with Crippen LogP contribution in [0.15, 0.2) is 48.5 Å². The molecule has 0 radical (unpaired) electrons. The van der Waals surface area contributed by atoms with Gasteiger partial charge in [-0.1, -0.05) is 19.2 Å². The number of nitrogens with one attached hydrogen (secondary N) is 4. The fourth-order valence-electron chi connectivity index (χ4n) is 3.81. The van der Waals surface area contributed by atoms with E-state index in [0.29, 0.717) is 41.7 Å². The number of rotatable bonds is 9. The Kier molecular flexibility index (Phi) is 7.72. The van der Waals surface area contributed by atoms with Crippen LogP contribution in [0.4, 0.5) is 42.1 Å². The molecule has 0 bridgehead atoms. The van der Waals surface area contributed by atoms with Crippen molar-refractivity contribution < 1.29 is 17.9 Å². The van der Waals surface area contributed by atoms with Crippen molar-refractivity contribution >= 4 is 40.9 Å². The Morgan fingerprint density at radius 2 is 2.14 bits per heavy atom. The van der Waals surface area contributed by atoms with E-state index in [2.05, 4.69) is 49.0 Å². The van der Waals surface area contributed by atoms with Gasteiger partial charge in [-0.05, 0) is 12.1 Å². The highest BCUT2D eigenvalue weighted by atomic mass is 19.3. The monoisotopic (exact) mass is 514 g/mol. The van der Waals surface area contributed by atoms with Gasteiger partial charge in [0, 0.05) is 37.5 Å². The lowest BCUT2D eigenvalue weighted by atomic mass is 10.1. The molecule has 37 heavy (non-hydrogen) atoms. The fraction of sp³-hybridized carbons (Fsp3) is 0.250. The molecule has 1 fully saturated rings. The number of nitrogens with zero attached hydrogens (tertiary/aromatic N) is 4. The van der Waals surface area contributed by atoms with E-state index in [4.69, 9.17) is 4.74 Å². The average molecular weight is 515 g/mol. The number of pyridine rings is 2. The second kappa shape index (κ2) is 11.1. The molecule has 1 unspecified atom stereocenters. The number of ether oxygens (including phenoxy) is 1. The largest absolute Gasteiger partial charge is 0.493 e. The summed E-state index contributed by atoms with van der Waals surface area (Å²) in [6, 6.07) is 3.69. The summed E-state index contributed by atoms with van der Waals surface area (Å²) in [7, 11) is 1.47. The van der Waals surface area contributed by atoms with Crippen molar-refractivity contribution in [2.75, 3.05) is 42.3 Å². The SMILES string of the molecule is C=Cc1cc(Nc2ccnc(Nc3cnc(N4CCNC(C(F)F)C4)c(OC)c3)n2)c(=O)[nH]c1C(=C)F. The van der Waals surface area contributed by atoms with Crippen LogP contribution in [-0.4, -0.2) is 59.1 Å². The van der Waals surface area contributed by atoms with E-state index in [1.807, 2.05) is 0 Å². The topological polar surface area (TPSA) is 120 Å². The summed E-state index contributed by atoms with van der Waals surface area (Å²) < 4.78 is 45.4. The number of hydrogen-bond donors (Lipinski definition) is 4. The third-order valence-corrected chi connectivity index (χ3v) is 5.60. The third-order valence-electron chi connectivity index (χ3n) is 5.60. The predicted molar refractivity (Wildman–Crippen MR) is 137 cm³/mol. The minimum atomic E-state index is -2.49. The second-order valence-corrected chi connectivity index (χ2v) is 8.06. The number of halogens is 3.